The van der Waals surface area contributed by atoms with Crippen molar-refractivity contribution in [3.05, 3.63) is 65.0 Å². The topological polar surface area (TPSA) is 86.9 Å². The molecule has 7 heteroatoms. The fourth-order valence-corrected chi connectivity index (χ4v) is 3.63. The van der Waals surface area contributed by atoms with Crippen LogP contribution in [0.15, 0.2) is 36.7 Å². The lowest BCUT2D eigenvalue weighted by atomic mass is 9.90. The number of methoxy groups -OCH3 is 1. The second-order valence-corrected chi connectivity index (χ2v) is 6.81. The van der Waals surface area contributed by atoms with Crippen LogP contribution in [-0.4, -0.2) is 44.6 Å². The van der Waals surface area contributed by atoms with E-state index in [1.165, 1.54) is 0 Å². The van der Waals surface area contributed by atoms with Crippen molar-refractivity contribution in [2.45, 2.75) is 32.2 Å². The van der Waals surface area contributed by atoms with Gasteiger partial charge in [0, 0.05) is 18.2 Å². The van der Waals surface area contributed by atoms with Crippen molar-refractivity contribution >= 4 is 5.91 Å². The van der Waals surface area contributed by atoms with Crippen LogP contribution in [0, 0.1) is 0 Å². The zero-order chi connectivity index (χ0) is 18.8. The van der Waals surface area contributed by atoms with Crippen molar-refractivity contribution in [2.24, 2.45) is 0 Å². The van der Waals surface area contributed by atoms with Gasteiger partial charge in [-0.3, -0.25) is 9.89 Å². The first-order chi connectivity index (χ1) is 13.2. The first-order valence-electron chi connectivity index (χ1n) is 9.19. The second kappa shape index (κ2) is 7.26. The molecule has 1 aromatic carbocycles. The number of aryl methyl sites for hydroxylation is 1. The van der Waals surface area contributed by atoms with E-state index in [4.69, 9.17) is 4.74 Å². The average molecular weight is 365 g/mol. The molecule has 1 aliphatic heterocycles. The van der Waals surface area contributed by atoms with E-state index in [0.29, 0.717) is 18.8 Å². The summed E-state index contributed by atoms with van der Waals surface area (Å²) in [5, 5.41) is 7.18. The van der Waals surface area contributed by atoms with Gasteiger partial charge in [0.05, 0.1) is 31.4 Å². The smallest absolute Gasteiger partial charge is 0.274 e. The number of imidazole rings is 1. The summed E-state index contributed by atoms with van der Waals surface area (Å²) in [4.78, 5) is 22.6. The Kier molecular flexibility index (Phi) is 4.66. The van der Waals surface area contributed by atoms with E-state index in [-0.39, 0.29) is 11.8 Å². The maximum Gasteiger partial charge on any atom is 0.274 e. The molecule has 4 rings (SSSR count). The Balaban J connectivity index is 1.63. The van der Waals surface area contributed by atoms with Gasteiger partial charge in [-0.25, -0.2) is 4.98 Å². The molecule has 140 valence electrons. The fourth-order valence-electron chi connectivity index (χ4n) is 3.63. The zero-order valence-corrected chi connectivity index (χ0v) is 15.5. The van der Waals surface area contributed by atoms with E-state index in [0.717, 1.165) is 41.2 Å². The quantitative estimate of drug-likeness (QED) is 0.728. The van der Waals surface area contributed by atoms with Gasteiger partial charge in [-0.1, -0.05) is 25.5 Å². The Morgan fingerprint density at radius 3 is 3.07 bits per heavy atom. The number of fused-ring (bicyclic) bond motifs is 1. The Bertz CT molecular complexity index is 945. The minimum atomic E-state index is -0.0678. The van der Waals surface area contributed by atoms with Gasteiger partial charge in [0.2, 0.25) is 0 Å². The van der Waals surface area contributed by atoms with Gasteiger partial charge in [0.15, 0.2) is 0 Å². The molecule has 0 saturated heterocycles. The van der Waals surface area contributed by atoms with Gasteiger partial charge in [-0.05, 0) is 30.2 Å². The summed E-state index contributed by atoms with van der Waals surface area (Å²) in [5.41, 5.74) is 4.48. The largest absolute Gasteiger partial charge is 0.497 e. The van der Waals surface area contributed by atoms with Crippen molar-refractivity contribution in [1.29, 1.82) is 0 Å². The van der Waals surface area contributed by atoms with E-state index >= 15 is 0 Å². The van der Waals surface area contributed by atoms with Crippen LogP contribution in [0.5, 0.6) is 5.75 Å². The van der Waals surface area contributed by atoms with Crippen LogP contribution in [0.25, 0.3) is 0 Å². The number of H-pyrrole nitrogens is 2. The van der Waals surface area contributed by atoms with Gasteiger partial charge in [-0.2, -0.15) is 5.10 Å². The third-order valence-electron chi connectivity index (χ3n) is 4.99. The molecule has 3 heterocycles. The maximum absolute atomic E-state index is 13.0. The standard InChI is InChI=1S/C20H23N5O2/c1-3-5-14-9-17(24-23-14)20(26)25-10-16(19-18(11-25)21-12-22-19)13-6-4-7-15(8-13)27-2/h4,6-9,12,16H,3,5,10-11H2,1-2H3,(H,21,22)(H,23,24). The summed E-state index contributed by atoms with van der Waals surface area (Å²) in [6.07, 6.45) is 3.59. The highest BCUT2D eigenvalue weighted by Gasteiger charge is 2.32. The Labute approximate surface area is 157 Å². The number of nitrogens with zero attached hydrogens (tertiary/aromatic N) is 3. The molecular weight excluding hydrogens is 342 g/mol. The van der Waals surface area contributed by atoms with Crippen LogP contribution in [-0.2, 0) is 13.0 Å². The number of carbonyl (C=O) groups is 1. The lowest BCUT2D eigenvalue weighted by molar-refractivity contribution is 0.0716. The number of hydrogen-bond donors (Lipinski definition) is 2. The summed E-state index contributed by atoms with van der Waals surface area (Å²) in [6.45, 7) is 3.16. The molecule has 1 amide bonds. The van der Waals surface area contributed by atoms with Gasteiger partial charge in [0.1, 0.15) is 11.4 Å². The first kappa shape index (κ1) is 17.3. The molecule has 0 aliphatic carbocycles. The zero-order valence-electron chi connectivity index (χ0n) is 15.5. The van der Waals surface area contributed by atoms with Crippen LogP contribution in [0.3, 0.4) is 0 Å². The Morgan fingerprint density at radius 1 is 1.37 bits per heavy atom. The van der Waals surface area contributed by atoms with Gasteiger partial charge >= 0.3 is 0 Å². The molecule has 0 spiro atoms. The third-order valence-corrected chi connectivity index (χ3v) is 4.99. The molecule has 3 aromatic rings. The summed E-state index contributed by atoms with van der Waals surface area (Å²) < 4.78 is 5.36. The second-order valence-electron chi connectivity index (χ2n) is 6.81. The number of carbonyl (C=O) groups excluding carboxylic acids is 1. The SMILES string of the molecule is CCCc1cc(C(=O)N2Cc3[nH]cnc3C(c3cccc(OC)c3)C2)n[nH]1. The van der Waals surface area contributed by atoms with Crippen LogP contribution in [0.1, 0.15) is 52.4 Å². The van der Waals surface area contributed by atoms with Crippen LogP contribution in [0.4, 0.5) is 0 Å². The fraction of sp³-hybridized carbons (Fsp3) is 0.350. The number of rotatable bonds is 5. The highest BCUT2D eigenvalue weighted by atomic mass is 16.5. The predicted octanol–water partition coefficient (Wildman–Crippen LogP) is 2.88. The first-order valence-corrected chi connectivity index (χ1v) is 9.19. The van der Waals surface area contributed by atoms with Gasteiger partial charge < -0.3 is 14.6 Å². The van der Waals surface area contributed by atoms with Crippen molar-refractivity contribution in [3.63, 3.8) is 0 Å². The minimum Gasteiger partial charge on any atom is -0.497 e. The lowest BCUT2D eigenvalue weighted by Crippen LogP contribution is -2.39. The van der Waals surface area contributed by atoms with E-state index in [2.05, 4.69) is 27.1 Å². The Hall–Kier alpha value is -3.09. The molecule has 0 fully saturated rings. The highest BCUT2D eigenvalue weighted by molar-refractivity contribution is 5.92. The minimum absolute atomic E-state index is 0.00639. The number of amides is 1. The van der Waals surface area contributed by atoms with Crippen molar-refractivity contribution < 1.29 is 9.53 Å². The van der Waals surface area contributed by atoms with Crippen molar-refractivity contribution in [1.82, 2.24) is 25.1 Å². The molecule has 1 atom stereocenters. The molecular formula is C20H23N5O2. The number of ether oxygens (including phenoxy) is 1. The molecule has 1 unspecified atom stereocenters. The summed E-state index contributed by atoms with van der Waals surface area (Å²) in [7, 11) is 1.65. The summed E-state index contributed by atoms with van der Waals surface area (Å²) >= 11 is 0. The van der Waals surface area contributed by atoms with E-state index in [9.17, 15) is 4.79 Å². The van der Waals surface area contributed by atoms with Gasteiger partial charge in [0.25, 0.3) is 5.91 Å². The van der Waals surface area contributed by atoms with E-state index < -0.39 is 0 Å². The summed E-state index contributed by atoms with van der Waals surface area (Å²) in [6, 6.07) is 9.79. The third kappa shape index (κ3) is 3.32. The van der Waals surface area contributed by atoms with Gasteiger partial charge in [-0.15, -0.1) is 0 Å². The lowest BCUT2D eigenvalue weighted by Gasteiger charge is -2.32. The number of benzene rings is 1. The molecule has 1 aliphatic rings. The molecule has 0 bridgehead atoms. The number of aromatic nitrogens is 4. The molecule has 0 saturated carbocycles. The number of aromatic amines is 2. The van der Waals surface area contributed by atoms with Crippen molar-refractivity contribution in [2.75, 3.05) is 13.7 Å². The maximum atomic E-state index is 13.0. The highest BCUT2D eigenvalue weighted by Crippen LogP contribution is 2.33. The van der Waals surface area contributed by atoms with Crippen LogP contribution >= 0.6 is 0 Å². The van der Waals surface area contributed by atoms with Crippen molar-refractivity contribution in [3.8, 4) is 5.75 Å². The number of hydrogen-bond acceptors (Lipinski definition) is 4. The monoisotopic (exact) mass is 365 g/mol. The molecule has 2 aromatic heterocycles. The number of nitrogens with one attached hydrogen (secondary N) is 2. The molecule has 7 nitrogen and oxygen atoms in total. The normalized spacial score (nSPS) is 16.2. The summed E-state index contributed by atoms with van der Waals surface area (Å²) in [5.74, 6) is 0.722. The molecule has 2 N–H and O–H groups in total. The van der Waals surface area contributed by atoms with E-state index in [1.807, 2.05) is 35.2 Å². The molecule has 27 heavy (non-hydrogen) atoms. The van der Waals surface area contributed by atoms with Crippen LogP contribution < -0.4 is 4.74 Å². The Morgan fingerprint density at radius 2 is 2.26 bits per heavy atom. The van der Waals surface area contributed by atoms with E-state index in [1.54, 1.807) is 13.4 Å². The predicted molar refractivity (Wildman–Crippen MR) is 101 cm³/mol. The average Bonchev–Trinajstić information content (AvgIpc) is 3.36. The molecule has 0 radical (unpaired) electrons. The van der Waals surface area contributed by atoms with Crippen LogP contribution in [0.2, 0.25) is 0 Å².